The van der Waals surface area contributed by atoms with Crippen LogP contribution in [0.15, 0.2) is 18.2 Å². The molecule has 6 nitrogen and oxygen atoms in total. The third-order valence-corrected chi connectivity index (χ3v) is 2.10. The molecule has 2 rings (SSSR count). The van der Waals surface area contributed by atoms with Crippen molar-refractivity contribution >= 4 is 0 Å². The standard InChI is InChI=1S/C9H10FN5O/c1-16-8-4-6(2-3-7(8)10)15-9(5-11)12-13-14-15/h2-4H,5,11H2,1H3. The smallest absolute Gasteiger partial charge is 0.170 e. The van der Waals surface area contributed by atoms with Crippen LogP contribution in [-0.4, -0.2) is 27.3 Å². The van der Waals surface area contributed by atoms with Gasteiger partial charge >= 0.3 is 0 Å². The van der Waals surface area contributed by atoms with Gasteiger partial charge in [0.05, 0.1) is 19.3 Å². The number of rotatable bonds is 3. The van der Waals surface area contributed by atoms with Gasteiger partial charge in [0.15, 0.2) is 17.4 Å². The summed E-state index contributed by atoms with van der Waals surface area (Å²) >= 11 is 0. The summed E-state index contributed by atoms with van der Waals surface area (Å²) in [5.74, 6) is 0.193. The molecule has 0 fully saturated rings. The Morgan fingerprint density at radius 1 is 1.50 bits per heavy atom. The summed E-state index contributed by atoms with van der Waals surface area (Å²) in [4.78, 5) is 0. The summed E-state index contributed by atoms with van der Waals surface area (Å²) in [7, 11) is 1.39. The molecule has 1 heterocycles. The minimum absolute atomic E-state index is 0.135. The summed E-state index contributed by atoms with van der Waals surface area (Å²) in [5, 5.41) is 11.0. The summed E-state index contributed by atoms with van der Waals surface area (Å²) in [6.07, 6.45) is 0. The summed E-state index contributed by atoms with van der Waals surface area (Å²) < 4.78 is 19.5. The van der Waals surface area contributed by atoms with Gasteiger partial charge in [-0.05, 0) is 22.6 Å². The fourth-order valence-electron chi connectivity index (χ4n) is 1.31. The summed E-state index contributed by atoms with van der Waals surface area (Å²) in [5.41, 5.74) is 6.06. The predicted octanol–water partition coefficient (Wildman–Crippen LogP) is 0.269. The molecule has 2 N–H and O–H groups in total. The summed E-state index contributed by atoms with van der Waals surface area (Å²) in [6, 6.07) is 4.34. The average molecular weight is 223 g/mol. The number of hydrogen-bond acceptors (Lipinski definition) is 5. The van der Waals surface area contributed by atoms with Gasteiger partial charge in [-0.3, -0.25) is 0 Å². The van der Waals surface area contributed by atoms with E-state index in [-0.39, 0.29) is 12.3 Å². The zero-order valence-electron chi connectivity index (χ0n) is 8.59. The van der Waals surface area contributed by atoms with Gasteiger partial charge in [-0.25, -0.2) is 4.39 Å². The molecule has 0 saturated carbocycles. The molecule has 0 aliphatic heterocycles. The van der Waals surface area contributed by atoms with Gasteiger partial charge in [-0.2, -0.15) is 4.68 Å². The highest BCUT2D eigenvalue weighted by Crippen LogP contribution is 2.20. The van der Waals surface area contributed by atoms with E-state index >= 15 is 0 Å². The van der Waals surface area contributed by atoms with Crippen LogP contribution in [0.5, 0.6) is 5.75 Å². The Kier molecular flexibility index (Phi) is 2.78. The van der Waals surface area contributed by atoms with E-state index in [2.05, 4.69) is 15.5 Å². The van der Waals surface area contributed by atoms with Crippen LogP contribution in [0.4, 0.5) is 4.39 Å². The van der Waals surface area contributed by atoms with Crippen molar-refractivity contribution in [2.24, 2.45) is 5.73 Å². The highest BCUT2D eigenvalue weighted by atomic mass is 19.1. The molecule has 84 valence electrons. The molecule has 0 aliphatic rings. The maximum absolute atomic E-state index is 13.2. The van der Waals surface area contributed by atoms with E-state index in [4.69, 9.17) is 10.5 Å². The molecule has 0 aliphatic carbocycles. The maximum Gasteiger partial charge on any atom is 0.170 e. The Balaban J connectivity index is 2.48. The zero-order chi connectivity index (χ0) is 11.5. The van der Waals surface area contributed by atoms with E-state index in [9.17, 15) is 4.39 Å². The van der Waals surface area contributed by atoms with Crippen molar-refractivity contribution in [2.75, 3.05) is 7.11 Å². The molecule has 0 bridgehead atoms. The number of halogens is 1. The Morgan fingerprint density at radius 2 is 2.31 bits per heavy atom. The van der Waals surface area contributed by atoms with Gasteiger partial charge in [0.1, 0.15) is 0 Å². The second-order valence-electron chi connectivity index (χ2n) is 3.03. The quantitative estimate of drug-likeness (QED) is 0.807. The Bertz CT molecular complexity index is 498. The first-order valence-electron chi connectivity index (χ1n) is 4.57. The van der Waals surface area contributed by atoms with Gasteiger partial charge in [0.2, 0.25) is 0 Å². The normalized spacial score (nSPS) is 10.4. The number of aromatic nitrogens is 4. The second kappa shape index (κ2) is 4.23. The van der Waals surface area contributed by atoms with Crippen molar-refractivity contribution in [1.82, 2.24) is 20.2 Å². The molecule has 7 heteroatoms. The van der Waals surface area contributed by atoms with Crippen molar-refractivity contribution in [1.29, 1.82) is 0 Å². The first kappa shape index (κ1) is 10.5. The van der Waals surface area contributed by atoms with Crippen molar-refractivity contribution in [3.05, 3.63) is 29.8 Å². The van der Waals surface area contributed by atoms with E-state index < -0.39 is 5.82 Å². The van der Waals surface area contributed by atoms with E-state index in [0.717, 1.165) is 0 Å². The molecule has 0 atom stereocenters. The SMILES string of the molecule is COc1cc(-n2nnnc2CN)ccc1F. The number of hydrogen-bond donors (Lipinski definition) is 1. The third-order valence-electron chi connectivity index (χ3n) is 2.10. The van der Waals surface area contributed by atoms with Crippen LogP contribution >= 0.6 is 0 Å². The van der Waals surface area contributed by atoms with Crippen LogP contribution < -0.4 is 10.5 Å². The number of tetrazole rings is 1. The zero-order valence-corrected chi connectivity index (χ0v) is 8.59. The van der Waals surface area contributed by atoms with Crippen LogP contribution in [0.3, 0.4) is 0 Å². The van der Waals surface area contributed by atoms with Crippen LogP contribution in [0, 0.1) is 5.82 Å². The van der Waals surface area contributed by atoms with Gasteiger partial charge in [-0.1, -0.05) is 0 Å². The lowest BCUT2D eigenvalue weighted by Gasteiger charge is -2.06. The molecule has 2 aromatic rings. The van der Waals surface area contributed by atoms with Crippen LogP contribution in [-0.2, 0) is 6.54 Å². The van der Waals surface area contributed by atoms with Crippen LogP contribution in [0.25, 0.3) is 5.69 Å². The topological polar surface area (TPSA) is 78.8 Å². The maximum atomic E-state index is 13.2. The number of benzene rings is 1. The third kappa shape index (κ3) is 1.72. The average Bonchev–Trinajstić information content (AvgIpc) is 2.78. The molecule has 1 aromatic carbocycles. The fourth-order valence-corrected chi connectivity index (χ4v) is 1.31. The lowest BCUT2D eigenvalue weighted by molar-refractivity contribution is 0.386. The fraction of sp³-hybridized carbons (Fsp3) is 0.222. The molecular weight excluding hydrogens is 213 g/mol. The van der Waals surface area contributed by atoms with Gasteiger partial charge < -0.3 is 10.5 Å². The molecule has 0 radical (unpaired) electrons. The Morgan fingerprint density at radius 3 is 3.00 bits per heavy atom. The highest BCUT2D eigenvalue weighted by molar-refractivity contribution is 5.39. The molecular formula is C9H10FN5O. The molecule has 0 unspecified atom stereocenters. The number of ether oxygens (including phenoxy) is 1. The molecule has 1 aromatic heterocycles. The number of nitrogens with zero attached hydrogens (tertiary/aromatic N) is 4. The van der Waals surface area contributed by atoms with Crippen LogP contribution in [0.2, 0.25) is 0 Å². The molecule has 0 amide bonds. The van der Waals surface area contributed by atoms with E-state index in [1.807, 2.05) is 0 Å². The van der Waals surface area contributed by atoms with Crippen molar-refractivity contribution in [2.45, 2.75) is 6.54 Å². The highest BCUT2D eigenvalue weighted by Gasteiger charge is 2.09. The first-order valence-corrected chi connectivity index (χ1v) is 4.57. The largest absolute Gasteiger partial charge is 0.494 e. The lowest BCUT2D eigenvalue weighted by Crippen LogP contribution is -2.08. The first-order chi connectivity index (χ1) is 7.76. The monoisotopic (exact) mass is 223 g/mol. The molecule has 0 saturated heterocycles. The van der Waals surface area contributed by atoms with Gasteiger partial charge in [-0.15, -0.1) is 5.10 Å². The summed E-state index contributed by atoms with van der Waals surface area (Å²) in [6.45, 7) is 0.201. The van der Waals surface area contributed by atoms with Crippen molar-refractivity contribution < 1.29 is 9.13 Å². The molecule has 0 spiro atoms. The minimum atomic E-state index is -0.436. The number of methoxy groups -OCH3 is 1. The minimum Gasteiger partial charge on any atom is -0.494 e. The molecule has 16 heavy (non-hydrogen) atoms. The van der Waals surface area contributed by atoms with Crippen molar-refractivity contribution in [3.63, 3.8) is 0 Å². The van der Waals surface area contributed by atoms with Crippen LogP contribution in [0.1, 0.15) is 5.82 Å². The van der Waals surface area contributed by atoms with Crippen molar-refractivity contribution in [3.8, 4) is 11.4 Å². The second-order valence-corrected chi connectivity index (χ2v) is 3.03. The number of nitrogens with two attached hydrogens (primary N) is 1. The Labute approximate surface area is 90.8 Å². The van der Waals surface area contributed by atoms with E-state index in [1.165, 1.54) is 23.9 Å². The lowest BCUT2D eigenvalue weighted by atomic mass is 10.3. The Hall–Kier alpha value is -2.02. The predicted molar refractivity (Wildman–Crippen MR) is 53.6 cm³/mol. The van der Waals surface area contributed by atoms with E-state index in [0.29, 0.717) is 11.5 Å². The van der Waals surface area contributed by atoms with Gasteiger partial charge in [0, 0.05) is 6.07 Å². The van der Waals surface area contributed by atoms with Gasteiger partial charge in [0.25, 0.3) is 0 Å². The van der Waals surface area contributed by atoms with E-state index in [1.54, 1.807) is 6.07 Å².